The molecule has 0 aliphatic carbocycles. The number of hydrogen-bond acceptors (Lipinski definition) is 7. The van der Waals surface area contributed by atoms with Gasteiger partial charge >= 0.3 is 24.1 Å². The summed E-state index contributed by atoms with van der Waals surface area (Å²) in [6, 6.07) is 4.03. The highest BCUT2D eigenvalue weighted by Gasteiger charge is 2.39. The van der Waals surface area contributed by atoms with E-state index in [9.17, 15) is 19.2 Å². The van der Waals surface area contributed by atoms with Crippen LogP contribution < -0.4 is 5.32 Å². The number of benzene rings is 1. The van der Waals surface area contributed by atoms with Crippen LogP contribution in [0.5, 0.6) is 0 Å². The lowest BCUT2D eigenvalue weighted by molar-refractivity contribution is 0.0599. The fraction of sp³-hybridized carbons (Fsp3) is 0.565. The Bertz CT molecular complexity index is 862. The Morgan fingerprint density at radius 1 is 1.06 bits per heavy atom. The highest BCUT2D eigenvalue weighted by molar-refractivity contribution is 5.99. The summed E-state index contributed by atoms with van der Waals surface area (Å²) >= 11 is 0. The molecular weight excluding hydrogens is 430 g/mol. The van der Waals surface area contributed by atoms with Crippen molar-refractivity contribution in [1.29, 1.82) is 0 Å². The molecule has 0 saturated carbocycles. The van der Waals surface area contributed by atoms with Crippen molar-refractivity contribution < 1.29 is 33.4 Å². The number of unbranched alkanes of at least 4 members (excludes halogenated alkanes) is 1. The molecule has 1 aromatic carbocycles. The van der Waals surface area contributed by atoms with Crippen LogP contribution in [0.25, 0.3) is 0 Å². The summed E-state index contributed by atoms with van der Waals surface area (Å²) in [6.07, 6.45) is 4.06. The summed E-state index contributed by atoms with van der Waals surface area (Å²) < 4.78 is 14.7. The van der Waals surface area contributed by atoms with Crippen molar-refractivity contribution in [3.63, 3.8) is 0 Å². The maximum Gasteiger partial charge on any atom is 0.410 e. The maximum absolute atomic E-state index is 12.8. The molecule has 1 aromatic rings. The Morgan fingerprint density at radius 2 is 1.67 bits per heavy atom. The molecular formula is C23H31N3O7. The third-order valence-electron chi connectivity index (χ3n) is 6.07. The van der Waals surface area contributed by atoms with Gasteiger partial charge in [-0.05, 0) is 37.5 Å². The molecule has 10 heteroatoms. The minimum atomic E-state index is -0.632. The average molecular weight is 462 g/mol. The first-order chi connectivity index (χ1) is 15.9. The van der Waals surface area contributed by atoms with E-state index in [-0.39, 0.29) is 41.0 Å². The lowest BCUT2D eigenvalue weighted by Crippen LogP contribution is -2.50. The van der Waals surface area contributed by atoms with Crippen molar-refractivity contribution in [3.05, 3.63) is 29.3 Å². The Balaban J connectivity index is 1.64. The van der Waals surface area contributed by atoms with Gasteiger partial charge in [0.05, 0.1) is 31.4 Å². The quantitative estimate of drug-likeness (QED) is 0.490. The van der Waals surface area contributed by atoms with E-state index >= 15 is 0 Å². The predicted molar refractivity (Wildman–Crippen MR) is 119 cm³/mol. The van der Waals surface area contributed by atoms with E-state index in [1.54, 1.807) is 4.90 Å². The molecule has 1 unspecified atom stereocenters. The van der Waals surface area contributed by atoms with Crippen molar-refractivity contribution in [3.8, 4) is 0 Å². The number of cyclic esters (lactones) is 1. The van der Waals surface area contributed by atoms with E-state index in [0.717, 1.165) is 19.3 Å². The van der Waals surface area contributed by atoms with Crippen LogP contribution in [-0.2, 0) is 14.2 Å². The van der Waals surface area contributed by atoms with Crippen LogP contribution in [0.15, 0.2) is 18.2 Å². The number of rotatable bonds is 7. The summed E-state index contributed by atoms with van der Waals surface area (Å²) in [5.74, 6) is -1.26. The summed E-state index contributed by atoms with van der Waals surface area (Å²) in [4.78, 5) is 52.5. The lowest BCUT2D eigenvalue weighted by atomic mass is 10.0. The minimum absolute atomic E-state index is 0.0412. The van der Waals surface area contributed by atoms with Crippen molar-refractivity contribution in [1.82, 2.24) is 9.80 Å². The molecule has 0 bridgehead atoms. The number of esters is 2. The van der Waals surface area contributed by atoms with Crippen LogP contribution in [0.3, 0.4) is 0 Å². The number of ether oxygens (including phenoxy) is 3. The number of carbonyl (C=O) groups excluding carboxylic acids is 4. The minimum Gasteiger partial charge on any atom is -0.465 e. The first-order valence-electron chi connectivity index (χ1n) is 11.2. The monoisotopic (exact) mass is 461 g/mol. The van der Waals surface area contributed by atoms with Gasteiger partial charge in [-0.2, -0.15) is 0 Å². The molecule has 180 valence electrons. The summed E-state index contributed by atoms with van der Waals surface area (Å²) in [5.41, 5.74) is 0.535. The molecule has 2 aliphatic heterocycles. The van der Waals surface area contributed by atoms with Crippen molar-refractivity contribution in [2.24, 2.45) is 0 Å². The molecule has 1 atom stereocenters. The van der Waals surface area contributed by atoms with Gasteiger partial charge in [-0.15, -0.1) is 0 Å². The van der Waals surface area contributed by atoms with E-state index in [2.05, 4.69) is 12.2 Å². The van der Waals surface area contributed by atoms with Gasteiger partial charge in [-0.3, -0.25) is 4.90 Å². The summed E-state index contributed by atoms with van der Waals surface area (Å²) in [7, 11) is 2.47. The van der Waals surface area contributed by atoms with Gasteiger partial charge in [0.25, 0.3) is 0 Å². The average Bonchev–Trinajstić information content (AvgIpc) is 3.21. The molecule has 1 N–H and O–H groups in total. The predicted octanol–water partition coefficient (Wildman–Crippen LogP) is 3.27. The van der Waals surface area contributed by atoms with E-state index < -0.39 is 11.9 Å². The molecule has 33 heavy (non-hydrogen) atoms. The van der Waals surface area contributed by atoms with Crippen LogP contribution in [-0.4, -0.2) is 79.9 Å². The van der Waals surface area contributed by atoms with E-state index in [1.165, 1.54) is 32.4 Å². The smallest absolute Gasteiger partial charge is 0.410 e. The van der Waals surface area contributed by atoms with Gasteiger partial charge < -0.3 is 24.4 Å². The van der Waals surface area contributed by atoms with Crippen molar-refractivity contribution >= 4 is 29.8 Å². The SMILES string of the molecule is CCCCC1COC(=O)N1C1CCN(C(=O)Nc2cc(C(=O)OC)cc(C(=O)OC)c2)CC1. The number of urea groups is 1. The first-order valence-corrected chi connectivity index (χ1v) is 11.2. The van der Waals surface area contributed by atoms with Gasteiger partial charge in [-0.1, -0.05) is 19.8 Å². The zero-order valence-electron chi connectivity index (χ0n) is 19.3. The van der Waals surface area contributed by atoms with Crippen molar-refractivity contribution in [2.45, 2.75) is 51.1 Å². The summed E-state index contributed by atoms with van der Waals surface area (Å²) in [6.45, 7) is 3.50. The molecule has 3 amide bonds. The molecule has 0 spiro atoms. The molecule has 2 aliphatic rings. The second kappa shape index (κ2) is 11.0. The second-order valence-electron chi connectivity index (χ2n) is 8.21. The van der Waals surface area contributed by atoms with Crippen LogP contribution in [0.2, 0.25) is 0 Å². The topological polar surface area (TPSA) is 114 Å². The number of likely N-dealkylation sites (tertiary alicyclic amines) is 1. The van der Waals surface area contributed by atoms with Crippen LogP contribution >= 0.6 is 0 Å². The Morgan fingerprint density at radius 3 is 2.21 bits per heavy atom. The molecule has 10 nitrogen and oxygen atoms in total. The molecule has 3 rings (SSSR count). The van der Waals surface area contributed by atoms with E-state index in [4.69, 9.17) is 14.2 Å². The fourth-order valence-corrected chi connectivity index (χ4v) is 4.30. The number of anilines is 1. The second-order valence-corrected chi connectivity index (χ2v) is 8.21. The number of nitrogens with one attached hydrogen (secondary N) is 1. The van der Waals surface area contributed by atoms with E-state index in [1.807, 2.05) is 4.90 Å². The molecule has 2 heterocycles. The zero-order chi connectivity index (χ0) is 24.0. The van der Waals surface area contributed by atoms with Gasteiger partial charge in [0, 0.05) is 24.8 Å². The number of piperidine rings is 1. The van der Waals surface area contributed by atoms with Gasteiger partial charge in [0.1, 0.15) is 6.61 Å². The Kier molecular flexibility index (Phi) is 8.13. The maximum atomic E-state index is 12.8. The summed E-state index contributed by atoms with van der Waals surface area (Å²) in [5, 5.41) is 2.75. The van der Waals surface area contributed by atoms with Gasteiger partial charge in [-0.25, -0.2) is 19.2 Å². The molecule has 2 saturated heterocycles. The number of carbonyl (C=O) groups is 4. The third kappa shape index (κ3) is 5.74. The van der Waals surface area contributed by atoms with Gasteiger partial charge in [0.15, 0.2) is 0 Å². The molecule has 2 fully saturated rings. The first kappa shape index (κ1) is 24.3. The Labute approximate surface area is 193 Å². The fourth-order valence-electron chi connectivity index (χ4n) is 4.30. The zero-order valence-corrected chi connectivity index (χ0v) is 19.3. The van der Waals surface area contributed by atoms with Crippen molar-refractivity contribution in [2.75, 3.05) is 39.2 Å². The highest BCUT2D eigenvalue weighted by Crippen LogP contribution is 2.27. The normalized spacial score (nSPS) is 18.6. The van der Waals surface area contributed by atoms with Crippen LogP contribution in [0.1, 0.15) is 59.7 Å². The number of hydrogen-bond donors (Lipinski definition) is 1. The molecule has 0 radical (unpaired) electrons. The van der Waals surface area contributed by atoms with Gasteiger partial charge in [0.2, 0.25) is 0 Å². The third-order valence-corrected chi connectivity index (χ3v) is 6.07. The molecule has 0 aromatic heterocycles. The number of methoxy groups -OCH3 is 2. The van der Waals surface area contributed by atoms with E-state index in [0.29, 0.717) is 32.5 Å². The Hall–Kier alpha value is -3.30. The largest absolute Gasteiger partial charge is 0.465 e. The number of amides is 3. The van der Waals surface area contributed by atoms with Crippen LogP contribution in [0, 0.1) is 0 Å². The standard InChI is InChI=1S/C23H31N3O7/c1-4-5-6-19-14-33-23(30)26(19)18-7-9-25(10-8-18)22(29)24-17-12-15(20(27)31-2)11-16(13-17)21(28)32-3/h11-13,18-19H,4-10,14H2,1-3H3,(H,24,29). The number of nitrogens with zero attached hydrogens (tertiary/aromatic N) is 2. The van der Waals surface area contributed by atoms with Crippen LogP contribution in [0.4, 0.5) is 15.3 Å². The highest BCUT2D eigenvalue weighted by atomic mass is 16.6. The lowest BCUT2D eigenvalue weighted by Gasteiger charge is -2.37.